The van der Waals surface area contributed by atoms with Crippen LogP contribution in [0.5, 0.6) is 0 Å². The highest BCUT2D eigenvalue weighted by atomic mass is 19.1. The van der Waals surface area contributed by atoms with Crippen LogP contribution in [0.3, 0.4) is 0 Å². The number of carbonyl (C=O) groups excluding carboxylic acids is 1. The van der Waals surface area contributed by atoms with Crippen molar-refractivity contribution in [2.24, 2.45) is 0 Å². The summed E-state index contributed by atoms with van der Waals surface area (Å²) in [6, 6.07) is 14.9. The van der Waals surface area contributed by atoms with Crippen LogP contribution in [0.25, 0.3) is 0 Å². The molecule has 150 valence electrons. The Bertz CT molecular complexity index is 987. The van der Waals surface area contributed by atoms with Crippen molar-refractivity contribution in [1.29, 1.82) is 0 Å². The average Bonchev–Trinajstić information content (AvgIpc) is 2.70. The number of amides is 1. The van der Waals surface area contributed by atoms with E-state index >= 15 is 0 Å². The van der Waals surface area contributed by atoms with Gasteiger partial charge < -0.3 is 15.5 Å². The zero-order chi connectivity index (χ0) is 20.8. The molecule has 0 radical (unpaired) electrons. The second kappa shape index (κ2) is 9.14. The normalized spacial score (nSPS) is 10.5. The highest BCUT2D eigenvalue weighted by Crippen LogP contribution is 2.20. The molecule has 7 heteroatoms. The van der Waals surface area contributed by atoms with Crippen molar-refractivity contribution >= 4 is 29.0 Å². The topological polar surface area (TPSA) is 70.2 Å². The van der Waals surface area contributed by atoms with Crippen molar-refractivity contribution in [3.05, 3.63) is 71.7 Å². The summed E-state index contributed by atoms with van der Waals surface area (Å²) in [5.41, 5.74) is 2.23. The Kier molecular flexibility index (Phi) is 6.39. The number of anilines is 4. The molecule has 0 saturated carbocycles. The van der Waals surface area contributed by atoms with Gasteiger partial charge in [0.25, 0.3) is 5.91 Å². The molecule has 1 amide bonds. The number of aryl methyl sites for hydroxylation is 1. The highest BCUT2D eigenvalue weighted by molar-refractivity contribution is 6.04. The summed E-state index contributed by atoms with van der Waals surface area (Å²) in [6.07, 6.45) is 0. The van der Waals surface area contributed by atoms with Crippen LogP contribution in [0.2, 0.25) is 0 Å². The van der Waals surface area contributed by atoms with Gasteiger partial charge in [0, 0.05) is 36.2 Å². The van der Waals surface area contributed by atoms with E-state index in [1.807, 2.05) is 13.0 Å². The van der Waals surface area contributed by atoms with Crippen LogP contribution in [0.1, 0.15) is 29.9 Å². The molecule has 2 N–H and O–H groups in total. The van der Waals surface area contributed by atoms with Crippen molar-refractivity contribution in [2.45, 2.75) is 20.8 Å². The van der Waals surface area contributed by atoms with Gasteiger partial charge in [0.15, 0.2) is 0 Å². The van der Waals surface area contributed by atoms with Gasteiger partial charge in [-0.05, 0) is 57.2 Å². The van der Waals surface area contributed by atoms with E-state index in [1.165, 1.54) is 12.1 Å². The maximum absolute atomic E-state index is 13.7. The van der Waals surface area contributed by atoms with Gasteiger partial charge in [0.1, 0.15) is 11.6 Å². The van der Waals surface area contributed by atoms with Gasteiger partial charge in [0.2, 0.25) is 5.95 Å². The SMILES string of the molecule is CCN(CC)c1cc(C)nc(Nc2ccc(NC(=O)c3ccccc3F)cc2)n1. The van der Waals surface area contributed by atoms with Gasteiger partial charge in [-0.15, -0.1) is 0 Å². The number of aromatic nitrogens is 2. The number of nitrogens with zero attached hydrogens (tertiary/aromatic N) is 3. The molecule has 0 aliphatic rings. The Balaban J connectivity index is 1.71. The minimum atomic E-state index is -0.552. The highest BCUT2D eigenvalue weighted by Gasteiger charge is 2.11. The number of benzene rings is 2. The lowest BCUT2D eigenvalue weighted by Gasteiger charge is -2.20. The molecule has 0 aliphatic carbocycles. The molecule has 0 atom stereocenters. The largest absolute Gasteiger partial charge is 0.357 e. The van der Waals surface area contributed by atoms with Crippen LogP contribution < -0.4 is 15.5 Å². The van der Waals surface area contributed by atoms with Crippen LogP contribution in [0, 0.1) is 12.7 Å². The Morgan fingerprint density at radius 3 is 2.31 bits per heavy atom. The number of hydrogen-bond donors (Lipinski definition) is 2. The fraction of sp³-hybridized carbons (Fsp3) is 0.227. The predicted molar refractivity (Wildman–Crippen MR) is 114 cm³/mol. The third kappa shape index (κ3) is 5.07. The lowest BCUT2D eigenvalue weighted by molar-refractivity contribution is 0.102. The van der Waals surface area contributed by atoms with Crippen LogP contribution in [0.15, 0.2) is 54.6 Å². The van der Waals surface area contributed by atoms with Crippen molar-refractivity contribution in [1.82, 2.24) is 9.97 Å². The zero-order valence-corrected chi connectivity index (χ0v) is 16.7. The minimum Gasteiger partial charge on any atom is -0.357 e. The van der Waals surface area contributed by atoms with E-state index in [0.29, 0.717) is 11.6 Å². The predicted octanol–water partition coefficient (Wildman–Crippen LogP) is 4.77. The van der Waals surface area contributed by atoms with Gasteiger partial charge in [-0.1, -0.05) is 12.1 Å². The summed E-state index contributed by atoms with van der Waals surface area (Å²) in [6.45, 7) is 7.83. The lowest BCUT2D eigenvalue weighted by Crippen LogP contribution is -2.23. The molecule has 3 aromatic rings. The van der Waals surface area contributed by atoms with Crippen molar-refractivity contribution in [3.63, 3.8) is 0 Å². The summed E-state index contributed by atoms with van der Waals surface area (Å²) >= 11 is 0. The van der Waals surface area contributed by atoms with Gasteiger partial charge >= 0.3 is 0 Å². The minimum absolute atomic E-state index is 0.00629. The first-order valence-electron chi connectivity index (χ1n) is 9.53. The molecule has 0 bridgehead atoms. The Morgan fingerprint density at radius 2 is 1.66 bits per heavy atom. The molecule has 3 rings (SSSR count). The first-order valence-corrected chi connectivity index (χ1v) is 9.53. The molecule has 0 unspecified atom stereocenters. The fourth-order valence-electron chi connectivity index (χ4n) is 2.93. The molecule has 1 aromatic heterocycles. The molecule has 0 aliphatic heterocycles. The Morgan fingerprint density at radius 1 is 1.00 bits per heavy atom. The third-order valence-electron chi connectivity index (χ3n) is 4.45. The summed E-state index contributed by atoms with van der Waals surface area (Å²) in [5.74, 6) is 0.340. The third-order valence-corrected chi connectivity index (χ3v) is 4.45. The quantitative estimate of drug-likeness (QED) is 0.605. The van der Waals surface area contributed by atoms with Crippen LogP contribution in [-0.4, -0.2) is 29.0 Å². The zero-order valence-electron chi connectivity index (χ0n) is 16.7. The number of hydrogen-bond acceptors (Lipinski definition) is 5. The second-order valence-electron chi connectivity index (χ2n) is 6.50. The number of rotatable bonds is 7. The molecule has 0 saturated heterocycles. The van der Waals surface area contributed by atoms with Gasteiger partial charge in [-0.3, -0.25) is 4.79 Å². The van der Waals surface area contributed by atoms with E-state index < -0.39 is 11.7 Å². The first-order chi connectivity index (χ1) is 14.0. The average molecular weight is 393 g/mol. The molecule has 6 nitrogen and oxygen atoms in total. The van der Waals surface area contributed by atoms with Crippen LogP contribution in [-0.2, 0) is 0 Å². The van der Waals surface area contributed by atoms with E-state index in [1.54, 1.807) is 36.4 Å². The number of halogens is 1. The summed E-state index contributed by atoms with van der Waals surface area (Å²) in [5, 5.41) is 5.88. The molecular weight excluding hydrogens is 369 g/mol. The van der Waals surface area contributed by atoms with Crippen LogP contribution >= 0.6 is 0 Å². The van der Waals surface area contributed by atoms with E-state index in [2.05, 4.69) is 39.3 Å². The van der Waals surface area contributed by atoms with Gasteiger partial charge in [-0.25, -0.2) is 9.37 Å². The molecular formula is C22H24FN5O. The summed E-state index contributed by atoms with van der Waals surface area (Å²) in [4.78, 5) is 23.4. The van der Waals surface area contributed by atoms with E-state index in [-0.39, 0.29) is 5.56 Å². The van der Waals surface area contributed by atoms with Gasteiger partial charge in [0.05, 0.1) is 5.56 Å². The van der Waals surface area contributed by atoms with Crippen molar-refractivity contribution < 1.29 is 9.18 Å². The Labute approximate surface area is 169 Å². The molecule has 29 heavy (non-hydrogen) atoms. The van der Waals surface area contributed by atoms with E-state index in [0.717, 1.165) is 30.3 Å². The van der Waals surface area contributed by atoms with Crippen molar-refractivity contribution in [3.8, 4) is 0 Å². The van der Waals surface area contributed by atoms with Crippen LogP contribution in [0.4, 0.5) is 27.5 Å². The van der Waals surface area contributed by atoms with Gasteiger partial charge in [-0.2, -0.15) is 4.98 Å². The molecule has 2 aromatic carbocycles. The second-order valence-corrected chi connectivity index (χ2v) is 6.50. The molecule has 0 spiro atoms. The Hall–Kier alpha value is -3.48. The van der Waals surface area contributed by atoms with E-state index in [4.69, 9.17) is 0 Å². The summed E-state index contributed by atoms with van der Waals surface area (Å²) in [7, 11) is 0. The lowest BCUT2D eigenvalue weighted by atomic mass is 10.2. The first kappa shape index (κ1) is 20.3. The molecule has 1 heterocycles. The fourth-order valence-corrected chi connectivity index (χ4v) is 2.93. The van der Waals surface area contributed by atoms with Crippen molar-refractivity contribution in [2.75, 3.05) is 28.6 Å². The molecule has 0 fully saturated rings. The number of carbonyl (C=O) groups is 1. The monoisotopic (exact) mass is 393 g/mol. The maximum atomic E-state index is 13.7. The van der Waals surface area contributed by atoms with E-state index in [9.17, 15) is 9.18 Å². The standard InChI is InChI=1S/C22H24FN5O/c1-4-28(5-2)20-14-15(3)24-22(27-20)26-17-12-10-16(11-13-17)25-21(29)18-8-6-7-9-19(18)23/h6-14H,4-5H2,1-3H3,(H,25,29)(H,24,26,27). The smallest absolute Gasteiger partial charge is 0.258 e. The summed E-state index contributed by atoms with van der Waals surface area (Å²) < 4.78 is 13.7. The number of nitrogens with one attached hydrogen (secondary N) is 2. The maximum Gasteiger partial charge on any atom is 0.258 e.